The summed E-state index contributed by atoms with van der Waals surface area (Å²) in [6.45, 7) is 2.24. The average molecular weight is 369 g/mol. The summed E-state index contributed by atoms with van der Waals surface area (Å²) >= 11 is 0. The van der Waals surface area contributed by atoms with Crippen LogP contribution in [0.2, 0.25) is 0 Å². The van der Waals surface area contributed by atoms with E-state index in [2.05, 4.69) is 11.9 Å². The number of likely N-dealkylation sites (N-methyl/N-ethyl adjacent to an activating group) is 1. The molecule has 2 bridgehead atoms. The largest absolute Gasteiger partial charge is 0.493 e. The first-order chi connectivity index (χ1) is 12.9. The minimum atomic E-state index is -0.538. The Morgan fingerprint density at radius 3 is 2.70 bits per heavy atom. The SMILES string of the molecule is COC1=CC23CCN(C)C(Cc4ccc(OC)c(OC(C)=O)c42)C3=CC1=O. The molecule has 1 aliphatic heterocycles. The first-order valence-corrected chi connectivity index (χ1v) is 9.03. The minimum Gasteiger partial charge on any atom is -0.493 e. The van der Waals surface area contributed by atoms with Gasteiger partial charge >= 0.3 is 5.97 Å². The summed E-state index contributed by atoms with van der Waals surface area (Å²) < 4.78 is 16.5. The summed E-state index contributed by atoms with van der Waals surface area (Å²) in [6, 6.07) is 4.00. The van der Waals surface area contributed by atoms with E-state index in [-0.39, 0.29) is 11.8 Å². The van der Waals surface area contributed by atoms with Crippen molar-refractivity contribution in [2.75, 3.05) is 27.8 Å². The number of ketones is 1. The molecule has 27 heavy (non-hydrogen) atoms. The number of nitrogens with zero attached hydrogens (tertiary/aromatic N) is 1. The second-order valence-electron chi connectivity index (χ2n) is 7.32. The van der Waals surface area contributed by atoms with Crippen molar-refractivity contribution in [2.24, 2.45) is 0 Å². The van der Waals surface area contributed by atoms with Crippen LogP contribution in [0.4, 0.5) is 0 Å². The fourth-order valence-corrected chi connectivity index (χ4v) is 4.72. The van der Waals surface area contributed by atoms with Crippen molar-refractivity contribution in [1.82, 2.24) is 4.90 Å². The molecular formula is C21H23NO5. The zero-order valence-corrected chi connectivity index (χ0v) is 16.0. The van der Waals surface area contributed by atoms with Crippen LogP contribution in [0, 0.1) is 0 Å². The number of benzene rings is 1. The molecule has 2 atom stereocenters. The molecule has 0 saturated carbocycles. The van der Waals surface area contributed by atoms with Crippen molar-refractivity contribution < 1.29 is 23.8 Å². The first kappa shape index (κ1) is 17.8. The minimum absolute atomic E-state index is 0.121. The molecule has 0 radical (unpaired) electrons. The molecule has 1 saturated heterocycles. The fraction of sp³-hybridized carbons (Fsp3) is 0.429. The van der Waals surface area contributed by atoms with Crippen molar-refractivity contribution in [3.8, 4) is 11.5 Å². The van der Waals surface area contributed by atoms with Gasteiger partial charge in [-0.15, -0.1) is 0 Å². The fourth-order valence-electron chi connectivity index (χ4n) is 4.72. The second-order valence-corrected chi connectivity index (χ2v) is 7.32. The monoisotopic (exact) mass is 369 g/mol. The van der Waals surface area contributed by atoms with E-state index in [1.165, 1.54) is 14.0 Å². The van der Waals surface area contributed by atoms with Gasteiger partial charge in [0.1, 0.15) is 0 Å². The van der Waals surface area contributed by atoms with Gasteiger partial charge in [0.25, 0.3) is 0 Å². The van der Waals surface area contributed by atoms with Gasteiger partial charge in [-0.25, -0.2) is 0 Å². The number of likely N-dealkylation sites (tertiary alicyclic amines) is 1. The van der Waals surface area contributed by atoms with Gasteiger partial charge in [-0.1, -0.05) is 6.07 Å². The summed E-state index contributed by atoms with van der Waals surface area (Å²) in [5.74, 6) is 0.758. The van der Waals surface area contributed by atoms with Crippen LogP contribution >= 0.6 is 0 Å². The van der Waals surface area contributed by atoms with Gasteiger partial charge in [0, 0.05) is 23.9 Å². The molecule has 3 aliphatic rings. The Hall–Kier alpha value is -2.60. The van der Waals surface area contributed by atoms with Crippen LogP contribution in [0.3, 0.4) is 0 Å². The third kappa shape index (κ3) is 2.51. The molecule has 1 aromatic carbocycles. The van der Waals surface area contributed by atoms with E-state index in [1.54, 1.807) is 13.2 Å². The van der Waals surface area contributed by atoms with Crippen LogP contribution in [0.25, 0.3) is 0 Å². The molecule has 0 amide bonds. The molecule has 0 aromatic heterocycles. The molecule has 1 fully saturated rings. The number of rotatable bonds is 3. The van der Waals surface area contributed by atoms with Crippen LogP contribution in [0.5, 0.6) is 11.5 Å². The van der Waals surface area contributed by atoms with E-state index >= 15 is 0 Å². The van der Waals surface area contributed by atoms with E-state index in [0.29, 0.717) is 17.3 Å². The van der Waals surface area contributed by atoms with Gasteiger partial charge in [-0.2, -0.15) is 0 Å². The van der Waals surface area contributed by atoms with E-state index < -0.39 is 11.4 Å². The zero-order valence-electron chi connectivity index (χ0n) is 16.0. The molecule has 2 unspecified atom stereocenters. The van der Waals surface area contributed by atoms with E-state index in [9.17, 15) is 9.59 Å². The highest BCUT2D eigenvalue weighted by atomic mass is 16.6. The highest BCUT2D eigenvalue weighted by Gasteiger charge is 2.52. The third-order valence-electron chi connectivity index (χ3n) is 5.92. The van der Waals surface area contributed by atoms with Crippen LogP contribution in [0.15, 0.2) is 35.6 Å². The third-order valence-corrected chi connectivity index (χ3v) is 5.92. The summed E-state index contributed by atoms with van der Waals surface area (Å²) in [5, 5.41) is 0. The van der Waals surface area contributed by atoms with Crippen molar-refractivity contribution in [3.63, 3.8) is 0 Å². The maximum absolute atomic E-state index is 12.5. The molecule has 0 spiro atoms. The van der Waals surface area contributed by atoms with Crippen molar-refractivity contribution in [2.45, 2.75) is 31.2 Å². The number of allylic oxidation sites excluding steroid dienone is 2. The van der Waals surface area contributed by atoms with Gasteiger partial charge in [0.2, 0.25) is 5.78 Å². The van der Waals surface area contributed by atoms with Crippen molar-refractivity contribution in [3.05, 3.63) is 46.7 Å². The number of ether oxygens (including phenoxy) is 3. The normalized spacial score (nSPS) is 26.4. The van der Waals surface area contributed by atoms with Gasteiger partial charge in [0.15, 0.2) is 17.3 Å². The maximum atomic E-state index is 12.5. The molecular weight excluding hydrogens is 346 g/mol. The summed E-state index contributed by atoms with van der Waals surface area (Å²) in [6.07, 6.45) is 5.13. The smallest absolute Gasteiger partial charge is 0.308 e. The van der Waals surface area contributed by atoms with E-state index in [0.717, 1.165) is 36.1 Å². The lowest BCUT2D eigenvalue weighted by molar-refractivity contribution is -0.132. The van der Waals surface area contributed by atoms with Crippen LogP contribution < -0.4 is 9.47 Å². The van der Waals surface area contributed by atoms with E-state index in [4.69, 9.17) is 14.2 Å². The Bertz CT molecular complexity index is 900. The Labute approximate surface area is 158 Å². The van der Waals surface area contributed by atoms with Gasteiger partial charge < -0.3 is 14.2 Å². The molecule has 1 heterocycles. The number of fused-ring (bicyclic) bond motifs is 1. The predicted octanol–water partition coefficient (Wildman–Crippen LogP) is 2.16. The van der Waals surface area contributed by atoms with Gasteiger partial charge in [0.05, 0.1) is 14.2 Å². The number of hydrogen-bond acceptors (Lipinski definition) is 6. The average Bonchev–Trinajstić information content (AvgIpc) is 2.64. The number of esters is 1. The molecule has 0 N–H and O–H groups in total. The molecule has 6 nitrogen and oxygen atoms in total. The Morgan fingerprint density at radius 1 is 1.26 bits per heavy atom. The lowest BCUT2D eigenvalue weighted by Gasteiger charge is -2.52. The van der Waals surface area contributed by atoms with Crippen molar-refractivity contribution >= 4 is 11.8 Å². The first-order valence-electron chi connectivity index (χ1n) is 9.03. The number of carbonyl (C=O) groups excluding carboxylic acids is 2. The Morgan fingerprint density at radius 2 is 2.04 bits per heavy atom. The zero-order chi connectivity index (χ0) is 19.3. The highest BCUT2D eigenvalue weighted by molar-refractivity contribution is 6.05. The number of hydrogen-bond donors (Lipinski definition) is 0. The van der Waals surface area contributed by atoms with Gasteiger partial charge in [-0.3, -0.25) is 14.5 Å². The van der Waals surface area contributed by atoms with Crippen molar-refractivity contribution in [1.29, 1.82) is 0 Å². The predicted molar refractivity (Wildman–Crippen MR) is 98.9 cm³/mol. The lowest BCUT2D eigenvalue weighted by atomic mass is 9.58. The Kier molecular flexibility index (Phi) is 4.11. The Balaban J connectivity index is 2.04. The number of piperidine rings is 1. The number of methoxy groups -OCH3 is 2. The summed E-state index contributed by atoms with van der Waals surface area (Å²) in [4.78, 5) is 26.6. The molecule has 4 rings (SSSR count). The van der Waals surface area contributed by atoms with Crippen LogP contribution in [-0.4, -0.2) is 50.5 Å². The second kappa shape index (κ2) is 6.23. The quantitative estimate of drug-likeness (QED) is 0.601. The molecule has 6 heteroatoms. The van der Waals surface area contributed by atoms with Crippen LogP contribution in [0.1, 0.15) is 24.5 Å². The van der Waals surface area contributed by atoms with Gasteiger partial charge in [-0.05, 0) is 55.8 Å². The highest BCUT2D eigenvalue weighted by Crippen LogP contribution is 2.56. The van der Waals surface area contributed by atoms with Crippen LogP contribution in [-0.2, 0) is 26.2 Å². The topological polar surface area (TPSA) is 65.1 Å². The lowest BCUT2D eigenvalue weighted by Crippen LogP contribution is -2.54. The summed E-state index contributed by atoms with van der Waals surface area (Å²) in [5.41, 5.74) is 2.51. The molecule has 142 valence electrons. The molecule has 1 aromatic rings. The standard InChI is InChI=1S/C21H23NO5/c1-12(23)27-20-17(25-3)6-5-13-9-15-14-10-16(24)18(26-4)11-21(14,19(13)20)7-8-22(15)2/h5-6,10-11,15H,7-9H2,1-4H3. The van der Waals surface area contributed by atoms with E-state index in [1.807, 2.05) is 18.2 Å². The summed E-state index contributed by atoms with van der Waals surface area (Å²) in [7, 11) is 5.15. The molecule has 2 aliphatic carbocycles. The number of carbonyl (C=O) groups is 2. The maximum Gasteiger partial charge on any atom is 0.308 e.